The Bertz CT molecular complexity index is 2420. The summed E-state index contributed by atoms with van der Waals surface area (Å²) in [5.74, 6) is 0. The van der Waals surface area contributed by atoms with Gasteiger partial charge >= 0.3 is 0 Å². The molecule has 0 saturated heterocycles. The Labute approximate surface area is 252 Å². The molecule has 6 nitrogen and oxygen atoms in total. The number of fused-ring (bicyclic) bond motifs is 7. The minimum absolute atomic E-state index is 0.765. The molecule has 0 N–H and O–H groups in total. The van der Waals surface area contributed by atoms with E-state index in [1.54, 1.807) is 0 Å². The van der Waals surface area contributed by atoms with Gasteiger partial charge in [0.2, 0.25) is 0 Å². The minimum atomic E-state index is 0.765. The van der Waals surface area contributed by atoms with Crippen molar-refractivity contribution in [3.63, 3.8) is 0 Å². The fourth-order valence-corrected chi connectivity index (χ4v) is 6.33. The summed E-state index contributed by atoms with van der Waals surface area (Å²) in [6.07, 6.45) is 1.82. The average Bonchev–Trinajstić information content (AvgIpc) is 3.62. The molecule has 0 spiro atoms. The minimum Gasteiger partial charge on any atom is -0.306 e. The second-order valence-corrected chi connectivity index (χ2v) is 10.8. The third kappa shape index (κ3) is 3.68. The molecule has 0 fully saturated rings. The zero-order valence-corrected chi connectivity index (χ0v) is 23.5. The van der Waals surface area contributed by atoms with Crippen LogP contribution in [0, 0.1) is 0 Å². The summed E-state index contributed by atoms with van der Waals surface area (Å²) in [5.41, 5.74) is 12.3. The number of hydrogen-bond acceptors (Lipinski definition) is 4. The molecule has 6 heteroatoms. The Balaban J connectivity index is 1.48. The quantitative estimate of drug-likeness (QED) is 0.214. The number of para-hydroxylation sites is 2. The molecule has 5 aromatic heterocycles. The number of benzene rings is 4. The first-order valence-electron chi connectivity index (χ1n) is 14.6. The lowest BCUT2D eigenvalue weighted by Crippen LogP contribution is -2.01. The molecule has 0 bridgehead atoms. The van der Waals surface area contributed by atoms with E-state index in [9.17, 15) is 0 Å². The Hall–Kier alpha value is -6.14. The molecule has 0 aliphatic carbocycles. The molecule has 0 saturated carbocycles. The topological polar surface area (TPSA) is 61.4 Å². The molecule has 4 aromatic carbocycles. The first-order chi connectivity index (χ1) is 21.8. The van der Waals surface area contributed by atoms with E-state index in [2.05, 4.69) is 124 Å². The second kappa shape index (κ2) is 9.71. The van der Waals surface area contributed by atoms with Crippen LogP contribution < -0.4 is 0 Å². The fourth-order valence-electron chi connectivity index (χ4n) is 6.33. The van der Waals surface area contributed by atoms with E-state index in [1.807, 2.05) is 30.5 Å². The highest BCUT2D eigenvalue weighted by atomic mass is 15.2. The van der Waals surface area contributed by atoms with Crippen LogP contribution in [0.1, 0.15) is 0 Å². The van der Waals surface area contributed by atoms with Gasteiger partial charge in [0.25, 0.3) is 0 Å². The van der Waals surface area contributed by atoms with Crippen molar-refractivity contribution in [1.82, 2.24) is 29.3 Å². The first-order valence-corrected chi connectivity index (χ1v) is 14.6. The highest BCUT2D eigenvalue weighted by Gasteiger charge is 2.24. The van der Waals surface area contributed by atoms with Crippen LogP contribution in [0.2, 0.25) is 0 Å². The van der Waals surface area contributed by atoms with Crippen LogP contribution in [0.15, 0.2) is 146 Å². The van der Waals surface area contributed by atoms with E-state index in [1.165, 1.54) is 0 Å². The Morgan fingerprint density at radius 1 is 0.432 bits per heavy atom. The van der Waals surface area contributed by atoms with Crippen LogP contribution in [-0.4, -0.2) is 29.3 Å². The smallest absolute Gasteiger partial charge is 0.140 e. The van der Waals surface area contributed by atoms with Crippen molar-refractivity contribution >= 4 is 44.0 Å². The zero-order chi connectivity index (χ0) is 29.0. The van der Waals surface area contributed by atoms with Gasteiger partial charge in [0.15, 0.2) is 0 Å². The SMILES string of the molecule is c1ccc(-c2cc(-n3c4ccccc4c4nnc5c6ncccc6n(-c6ccccc6)c5c43)cc(-c3ccccc3)n2)cc1. The maximum absolute atomic E-state index is 5.15. The summed E-state index contributed by atoms with van der Waals surface area (Å²) in [7, 11) is 0. The van der Waals surface area contributed by atoms with E-state index in [0.29, 0.717) is 0 Å². The zero-order valence-electron chi connectivity index (χ0n) is 23.5. The molecule has 9 aromatic rings. The maximum atomic E-state index is 5.15. The predicted octanol–water partition coefficient (Wildman–Crippen LogP) is 8.79. The van der Waals surface area contributed by atoms with Gasteiger partial charge in [0, 0.05) is 28.4 Å². The number of pyridine rings is 2. The van der Waals surface area contributed by atoms with Crippen molar-refractivity contribution in [2.24, 2.45) is 0 Å². The number of nitrogens with zero attached hydrogens (tertiary/aromatic N) is 6. The Kier molecular flexibility index (Phi) is 5.40. The largest absolute Gasteiger partial charge is 0.306 e. The fraction of sp³-hybridized carbons (Fsp3) is 0. The first kappa shape index (κ1) is 24.5. The molecule has 206 valence electrons. The number of hydrogen-bond donors (Lipinski definition) is 0. The van der Waals surface area contributed by atoms with Gasteiger partial charge in [-0.3, -0.25) is 4.98 Å². The van der Waals surface area contributed by atoms with Gasteiger partial charge in [-0.2, -0.15) is 0 Å². The summed E-state index contributed by atoms with van der Waals surface area (Å²) in [4.78, 5) is 9.93. The standard InChI is InChI=1S/C38H24N6/c1-4-13-25(14-5-1)30-23-28(24-31(40-30)26-15-6-2-7-16-26)44-32-20-11-10-19-29(32)34-37(44)38-36(42-41-34)35-33(21-12-22-39-35)43(38)27-17-8-3-9-18-27/h1-24H. The molecule has 0 amide bonds. The van der Waals surface area contributed by atoms with Crippen molar-refractivity contribution < 1.29 is 0 Å². The van der Waals surface area contributed by atoms with Crippen LogP contribution in [0.25, 0.3) is 77.9 Å². The van der Waals surface area contributed by atoms with Gasteiger partial charge in [-0.25, -0.2) is 4.98 Å². The van der Waals surface area contributed by atoms with Crippen LogP contribution in [-0.2, 0) is 0 Å². The highest BCUT2D eigenvalue weighted by Crippen LogP contribution is 2.40. The third-order valence-electron chi connectivity index (χ3n) is 8.24. The summed E-state index contributed by atoms with van der Waals surface area (Å²) < 4.78 is 4.59. The molecule has 0 aliphatic heterocycles. The van der Waals surface area contributed by atoms with Gasteiger partial charge in [-0.1, -0.05) is 97.1 Å². The molecule has 0 unspecified atom stereocenters. The molecular formula is C38H24N6. The molecular weight excluding hydrogens is 540 g/mol. The van der Waals surface area contributed by atoms with Gasteiger partial charge in [-0.15, -0.1) is 10.2 Å². The summed E-state index contributed by atoms with van der Waals surface area (Å²) >= 11 is 0. The van der Waals surface area contributed by atoms with Crippen molar-refractivity contribution in [3.05, 3.63) is 146 Å². The van der Waals surface area contributed by atoms with Crippen molar-refractivity contribution in [2.45, 2.75) is 0 Å². The van der Waals surface area contributed by atoms with Gasteiger partial charge in [-0.05, 0) is 42.5 Å². The average molecular weight is 565 g/mol. The van der Waals surface area contributed by atoms with Crippen molar-refractivity contribution in [3.8, 4) is 33.9 Å². The van der Waals surface area contributed by atoms with Crippen LogP contribution >= 0.6 is 0 Å². The molecule has 5 heterocycles. The lowest BCUT2D eigenvalue weighted by Gasteiger charge is -2.14. The second-order valence-electron chi connectivity index (χ2n) is 10.8. The number of aromatic nitrogens is 6. The lowest BCUT2D eigenvalue weighted by atomic mass is 10.1. The summed E-state index contributed by atoms with van der Waals surface area (Å²) in [6.45, 7) is 0. The van der Waals surface area contributed by atoms with Gasteiger partial charge in [0.05, 0.1) is 28.1 Å². The van der Waals surface area contributed by atoms with Gasteiger partial charge in [0.1, 0.15) is 27.6 Å². The summed E-state index contributed by atoms with van der Waals surface area (Å²) in [5, 5.41) is 10.7. The van der Waals surface area contributed by atoms with Crippen molar-refractivity contribution in [1.29, 1.82) is 0 Å². The van der Waals surface area contributed by atoms with E-state index in [4.69, 9.17) is 20.2 Å². The van der Waals surface area contributed by atoms with Crippen molar-refractivity contribution in [2.75, 3.05) is 0 Å². The van der Waals surface area contributed by atoms with Crippen LogP contribution in [0.3, 0.4) is 0 Å². The lowest BCUT2D eigenvalue weighted by molar-refractivity contribution is 1.10. The summed E-state index contributed by atoms with van der Waals surface area (Å²) in [6, 6.07) is 47.9. The van der Waals surface area contributed by atoms with Gasteiger partial charge < -0.3 is 9.13 Å². The third-order valence-corrected chi connectivity index (χ3v) is 8.24. The maximum Gasteiger partial charge on any atom is 0.140 e. The normalized spacial score (nSPS) is 11.6. The Morgan fingerprint density at radius 2 is 0.977 bits per heavy atom. The molecule has 0 atom stereocenters. The van der Waals surface area contributed by atoms with Crippen LogP contribution in [0.5, 0.6) is 0 Å². The van der Waals surface area contributed by atoms with E-state index >= 15 is 0 Å². The van der Waals surface area contributed by atoms with E-state index in [0.717, 1.165) is 77.9 Å². The molecule has 44 heavy (non-hydrogen) atoms. The molecule has 0 radical (unpaired) electrons. The van der Waals surface area contributed by atoms with E-state index in [-0.39, 0.29) is 0 Å². The van der Waals surface area contributed by atoms with E-state index < -0.39 is 0 Å². The highest BCUT2D eigenvalue weighted by molar-refractivity contribution is 6.20. The monoisotopic (exact) mass is 564 g/mol. The van der Waals surface area contributed by atoms with Crippen LogP contribution in [0.4, 0.5) is 0 Å². The number of rotatable bonds is 4. The molecule has 9 rings (SSSR count). The molecule has 0 aliphatic rings. The Morgan fingerprint density at radius 3 is 1.68 bits per heavy atom. The predicted molar refractivity (Wildman–Crippen MR) is 177 cm³/mol.